The summed E-state index contributed by atoms with van der Waals surface area (Å²) in [6, 6.07) is 0.447. The second kappa shape index (κ2) is 5.11. The van der Waals surface area contributed by atoms with E-state index < -0.39 is 0 Å². The molecule has 0 aromatic rings. The Bertz CT molecular complexity index is 462. The molecular formula is C18H31ClN2O. The molecule has 3 atom stereocenters. The Kier molecular flexibility index (Phi) is 3.85. The van der Waals surface area contributed by atoms with Gasteiger partial charge in [0.1, 0.15) is 0 Å². The van der Waals surface area contributed by atoms with E-state index in [0.717, 1.165) is 38.4 Å². The van der Waals surface area contributed by atoms with Crippen LogP contribution in [0.5, 0.6) is 0 Å². The molecule has 0 aromatic heterocycles. The van der Waals surface area contributed by atoms with Crippen LogP contribution in [-0.4, -0.2) is 36.5 Å². The second-order valence-electron chi connectivity index (χ2n) is 9.52. The van der Waals surface area contributed by atoms with E-state index >= 15 is 0 Å². The normalized spacial score (nSPS) is 49.9. The molecule has 1 aliphatic heterocycles. The second-order valence-corrected chi connectivity index (χ2v) is 9.52. The van der Waals surface area contributed by atoms with Gasteiger partial charge in [0.2, 0.25) is 5.91 Å². The maximum atomic E-state index is 13.4. The third-order valence-electron chi connectivity index (χ3n) is 6.74. The van der Waals surface area contributed by atoms with Crippen molar-refractivity contribution in [3.8, 4) is 0 Å². The molecule has 0 spiro atoms. The largest absolute Gasteiger partial charge is 0.339 e. The van der Waals surface area contributed by atoms with E-state index in [1.807, 2.05) is 0 Å². The van der Waals surface area contributed by atoms with Crippen LogP contribution in [0, 0.1) is 22.2 Å². The van der Waals surface area contributed by atoms with Gasteiger partial charge in [-0.05, 0) is 62.2 Å². The molecule has 1 N–H and O–H groups in total. The molecule has 1 heterocycles. The van der Waals surface area contributed by atoms with E-state index in [-0.39, 0.29) is 17.8 Å². The number of amides is 1. The molecule has 5 fully saturated rings. The average Bonchev–Trinajstić information content (AvgIpc) is 2.33. The van der Waals surface area contributed by atoms with Crippen molar-refractivity contribution < 1.29 is 4.79 Å². The molecule has 3 unspecified atom stereocenters. The summed E-state index contributed by atoms with van der Waals surface area (Å²) in [4.78, 5) is 15.6. The number of halogens is 1. The lowest BCUT2D eigenvalue weighted by molar-refractivity contribution is -0.180. The van der Waals surface area contributed by atoms with Crippen LogP contribution in [-0.2, 0) is 4.79 Å². The average molecular weight is 327 g/mol. The Labute approximate surface area is 141 Å². The number of rotatable bonds is 1. The van der Waals surface area contributed by atoms with Gasteiger partial charge in [-0.3, -0.25) is 4.79 Å². The van der Waals surface area contributed by atoms with E-state index in [1.165, 1.54) is 25.7 Å². The molecule has 4 heteroatoms. The first-order valence-corrected chi connectivity index (χ1v) is 8.84. The fourth-order valence-electron chi connectivity index (χ4n) is 7.14. The first kappa shape index (κ1) is 16.6. The van der Waals surface area contributed by atoms with Crippen molar-refractivity contribution in [1.82, 2.24) is 10.2 Å². The van der Waals surface area contributed by atoms with Gasteiger partial charge in [-0.25, -0.2) is 0 Å². The van der Waals surface area contributed by atoms with Crippen LogP contribution < -0.4 is 5.32 Å². The van der Waals surface area contributed by atoms with Crippen molar-refractivity contribution in [3.63, 3.8) is 0 Å². The van der Waals surface area contributed by atoms with Gasteiger partial charge in [0.05, 0.1) is 5.41 Å². The molecule has 5 rings (SSSR count). The number of carbonyl (C=O) groups excluding carboxylic acids is 1. The highest BCUT2D eigenvalue weighted by atomic mass is 35.5. The quantitative estimate of drug-likeness (QED) is 0.802. The van der Waals surface area contributed by atoms with Crippen LogP contribution >= 0.6 is 12.4 Å². The van der Waals surface area contributed by atoms with Crippen molar-refractivity contribution in [2.24, 2.45) is 22.2 Å². The molecule has 22 heavy (non-hydrogen) atoms. The van der Waals surface area contributed by atoms with Crippen LogP contribution in [0.2, 0.25) is 0 Å². The Morgan fingerprint density at radius 1 is 1.09 bits per heavy atom. The SMILES string of the molecule is CC1CN(C(=O)C23CC4CC(C)(CC(C)(C4)C2)C3)CCN1.Cl. The summed E-state index contributed by atoms with van der Waals surface area (Å²) in [7, 11) is 0. The Hall–Kier alpha value is -0.280. The predicted octanol–water partition coefficient (Wildman–Crippen LogP) is 3.23. The first-order valence-electron chi connectivity index (χ1n) is 8.84. The van der Waals surface area contributed by atoms with Crippen molar-refractivity contribution in [2.45, 2.75) is 65.3 Å². The molecule has 1 saturated heterocycles. The monoisotopic (exact) mass is 326 g/mol. The minimum atomic E-state index is -0.0139. The van der Waals surface area contributed by atoms with Crippen molar-refractivity contribution >= 4 is 18.3 Å². The van der Waals surface area contributed by atoms with Gasteiger partial charge in [0.25, 0.3) is 0 Å². The van der Waals surface area contributed by atoms with Gasteiger partial charge < -0.3 is 10.2 Å². The molecule has 4 bridgehead atoms. The third kappa shape index (κ3) is 2.49. The van der Waals surface area contributed by atoms with E-state index in [4.69, 9.17) is 0 Å². The summed E-state index contributed by atoms with van der Waals surface area (Å²) in [6.45, 7) is 9.88. The van der Waals surface area contributed by atoms with Crippen LogP contribution in [0.1, 0.15) is 59.3 Å². The van der Waals surface area contributed by atoms with Gasteiger partial charge in [-0.15, -0.1) is 12.4 Å². The Balaban J connectivity index is 0.00000144. The van der Waals surface area contributed by atoms with Gasteiger partial charge in [-0.1, -0.05) is 13.8 Å². The minimum absolute atomic E-state index is 0. The molecule has 4 aliphatic carbocycles. The maximum absolute atomic E-state index is 13.4. The lowest BCUT2D eigenvalue weighted by Crippen LogP contribution is -2.62. The smallest absolute Gasteiger partial charge is 0.228 e. The molecule has 4 saturated carbocycles. The number of hydrogen-bond donors (Lipinski definition) is 1. The molecule has 3 nitrogen and oxygen atoms in total. The molecular weight excluding hydrogens is 296 g/mol. The Morgan fingerprint density at radius 3 is 2.27 bits per heavy atom. The van der Waals surface area contributed by atoms with Gasteiger partial charge in [-0.2, -0.15) is 0 Å². The van der Waals surface area contributed by atoms with Crippen LogP contribution in [0.3, 0.4) is 0 Å². The van der Waals surface area contributed by atoms with Gasteiger partial charge in [0, 0.05) is 25.7 Å². The molecule has 0 aromatic carbocycles. The Morgan fingerprint density at radius 2 is 1.73 bits per heavy atom. The zero-order valence-electron chi connectivity index (χ0n) is 14.3. The highest BCUT2D eigenvalue weighted by Crippen LogP contribution is 2.69. The van der Waals surface area contributed by atoms with Crippen molar-refractivity contribution in [1.29, 1.82) is 0 Å². The fraction of sp³-hybridized carbons (Fsp3) is 0.944. The molecule has 5 aliphatic rings. The van der Waals surface area contributed by atoms with Crippen molar-refractivity contribution in [3.05, 3.63) is 0 Å². The van der Waals surface area contributed by atoms with Crippen LogP contribution in [0.15, 0.2) is 0 Å². The highest BCUT2D eigenvalue weighted by molar-refractivity contribution is 5.85. The lowest BCUT2D eigenvalue weighted by Gasteiger charge is -2.65. The molecule has 126 valence electrons. The lowest BCUT2D eigenvalue weighted by atomic mass is 9.40. The number of nitrogens with zero attached hydrogens (tertiary/aromatic N) is 1. The molecule has 0 radical (unpaired) electrons. The number of nitrogens with one attached hydrogen (secondary N) is 1. The number of piperazine rings is 1. The predicted molar refractivity (Wildman–Crippen MR) is 91.1 cm³/mol. The van der Waals surface area contributed by atoms with Gasteiger partial charge >= 0.3 is 0 Å². The van der Waals surface area contributed by atoms with Crippen molar-refractivity contribution in [2.75, 3.05) is 19.6 Å². The summed E-state index contributed by atoms with van der Waals surface area (Å²) in [6.07, 6.45) is 7.58. The minimum Gasteiger partial charge on any atom is -0.339 e. The maximum Gasteiger partial charge on any atom is 0.228 e. The summed E-state index contributed by atoms with van der Waals surface area (Å²) in [5.74, 6) is 1.30. The van der Waals surface area contributed by atoms with Crippen LogP contribution in [0.4, 0.5) is 0 Å². The fourth-order valence-corrected chi connectivity index (χ4v) is 7.14. The topological polar surface area (TPSA) is 32.3 Å². The van der Waals surface area contributed by atoms with E-state index in [9.17, 15) is 4.79 Å². The summed E-state index contributed by atoms with van der Waals surface area (Å²) >= 11 is 0. The molecule has 1 amide bonds. The van der Waals surface area contributed by atoms with E-state index in [0.29, 0.717) is 22.8 Å². The van der Waals surface area contributed by atoms with E-state index in [2.05, 4.69) is 31.0 Å². The first-order chi connectivity index (χ1) is 9.82. The van der Waals surface area contributed by atoms with Gasteiger partial charge in [0.15, 0.2) is 0 Å². The zero-order valence-corrected chi connectivity index (χ0v) is 15.1. The van der Waals surface area contributed by atoms with Crippen LogP contribution in [0.25, 0.3) is 0 Å². The number of hydrogen-bond acceptors (Lipinski definition) is 2. The zero-order chi connectivity index (χ0) is 14.9. The summed E-state index contributed by atoms with van der Waals surface area (Å²) < 4.78 is 0. The summed E-state index contributed by atoms with van der Waals surface area (Å²) in [5, 5.41) is 3.46. The highest BCUT2D eigenvalue weighted by Gasteiger charge is 2.63. The number of carbonyl (C=O) groups is 1. The summed E-state index contributed by atoms with van der Waals surface area (Å²) in [5.41, 5.74) is 0.854. The standard InChI is InChI=1S/C18H30N2O.ClH/c1-13-9-20(5-4-19-13)15(21)18-8-14-6-16(2,11-18)10-17(3,7-14)12-18;/h13-14,19H,4-12H2,1-3H3;1H. The van der Waals surface area contributed by atoms with E-state index in [1.54, 1.807) is 0 Å². The third-order valence-corrected chi connectivity index (χ3v) is 6.74.